The molecule has 0 saturated carbocycles. The van der Waals surface area contributed by atoms with Crippen LogP contribution in [0, 0.1) is 0 Å². The molecule has 0 aliphatic heterocycles. The fourth-order valence-corrected chi connectivity index (χ4v) is 1.94. The molecule has 1 unspecified atom stereocenters. The van der Waals surface area contributed by atoms with Crippen molar-refractivity contribution in [2.45, 2.75) is 32.7 Å². The molecule has 4 nitrogen and oxygen atoms in total. The monoisotopic (exact) mass is 291 g/mol. The smallest absolute Gasteiger partial charge is 0.265 e. The number of carbonyl (C=O) groups is 1. The van der Waals surface area contributed by atoms with E-state index in [1.54, 1.807) is 0 Å². The Kier molecular flexibility index (Phi) is 4.66. The number of hydrogen-bond donors (Lipinski definition) is 1. The van der Waals surface area contributed by atoms with Gasteiger partial charge in [-0.2, -0.15) is 0 Å². The number of amides is 1. The van der Waals surface area contributed by atoms with Gasteiger partial charge in [-0.05, 0) is 24.4 Å². The van der Waals surface area contributed by atoms with Crippen LogP contribution in [0.4, 0.5) is 0 Å². The number of carbonyl (C=O) groups excluding carboxylic acids is 1. The molecule has 0 saturated heterocycles. The highest BCUT2D eigenvalue weighted by atomic mass is 79.9. The van der Waals surface area contributed by atoms with Crippen molar-refractivity contribution >= 4 is 33.4 Å². The summed E-state index contributed by atoms with van der Waals surface area (Å²) < 4.78 is 3.82. The van der Waals surface area contributed by atoms with Crippen molar-refractivity contribution in [3.05, 3.63) is 10.6 Å². The second-order valence-corrected chi connectivity index (χ2v) is 5.07. The van der Waals surface area contributed by atoms with Gasteiger partial charge >= 0.3 is 0 Å². The van der Waals surface area contributed by atoms with E-state index in [1.807, 2.05) is 20.8 Å². The fourth-order valence-electron chi connectivity index (χ4n) is 1.06. The molecule has 1 aromatic heterocycles. The summed E-state index contributed by atoms with van der Waals surface area (Å²) in [4.78, 5) is 12.4. The van der Waals surface area contributed by atoms with E-state index in [0.717, 1.165) is 22.6 Å². The minimum Gasteiger partial charge on any atom is -0.348 e. The van der Waals surface area contributed by atoms with Crippen LogP contribution in [0.2, 0.25) is 0 Å². The molecule has 15 heavy (non-hydrogen) atoms. The first-order chi connectivity index (χ1) is 7.06. The molecular formula is C9H14BrN3OS. The first-order valence-electron chi connectivity index (χ1n) is 4.75. The third kappa shape index (κ3) is 3.24. The molecule has 1 amide bonds. The van der Waals surface area contributed by atoms with Crippen LogP contribution in [0.15, 0.2) is 0 Å². The lowest BCUT2D eigenvalue weighted by molar-refractivity contribution is 0.0946. The Morgan fingerprint density at radius 1 is 1.53 bits per heavy atom. The van der Waals surface area contributed by atoms with Gasteiger partial charge in [0.2, 0.25) is 0 Å². The summed E-state index contributed by atoms with van der Waals surface area (Å²) in [6.45, 7) is 5.94. The third-order valence-corrected chi connectivity index (χ3v) is 3.59. The quantitative estimate of drug-likeness (QED) is 0.865. The van der Waals surface area contributed by atoms with Crippen LogP contribution in [0.3, 0.4) is 0 Å². The van der Waals surface area contributed by atoms with Crippen LogP contribution in [-0.4, -0.2) is 26.9 Å². The lowest BCUT2D eigenvalue weighted by atomic mass is 10.1. The van der Waals surface area contributed by atoms with Gasteiger partial charge < -0.3 is 5.32 Å². The molecule has 0 aliphatic carbocycles. The zero-order chi connectivity index (χ0) is 11.4. The van der Waals surface area contributed by atoms with E-state index in [2.05, 4.69) is 30.8 Å². The number of halogens is 1. The van der Waals surface area contributed by atoms with Crippen LogP contribution in [-0.2, 0) is 0 Å². The minimum atomic E-state index is -0.0827. The Hall–Kier alpha value is -0.490. The normalized spacial score (nSPS) is 12.9. The Morgan fingerprint density at radius 2 is 2.20 bits per heavy atom. The molecule has 0 radical (unpaired) electrons. The van der Waals surface area contributed by atoms with E-state index in [1.165, 1.54) is 0 Å². The van der Waals surface area contributed by atoms with Crippen molar-refractivity contribution in [3.63, 3.8) is 0 Å². The van der Waals surface area contributed by atoms with Gasteiger partial charge in [0.25, 0.3) is 5.91 Å². The first kappa shape index (κ1) is 12.6. The van der Waals surface area contributed by atoms with Crippen LogP contribution in [0.5, 0.6) is 0 Å². The summed E-state index contributed by atoms with van der Waals surface area (Å²) in [6, 6.07) is 0.111. The SMILES string of the molecule is CC(CBr)NC(=O)c1snnc1C(C)C. The Bertz CT molecular complexity index is 340. The van der Waals surface area contributed by atoms with E-state index in [0.29, 0.717) is 4.88 Å². The third-order valence-electron chi connectivity index (χ3n) is 1.88. The summed E-state index contributed by atoms with van der Waals surface area (Å²) in [5.41, 5.74) is 0.777. The summed E-state index contributed by atoms with van der Waals surface area (Å²) in [5.74, 6) is 0.143. The zero-order valence-electron chi connectivity index (χ0n) is 8.95. The van der Waals surface area contributed by atoms with Crippen LogP contribution in [0.25, 0.3) is 0 Å². The highest BCUT2D eigenvalue weighted by Gasteiger charge is 2.19. The number of hydrogen-bond acceptors (Lipinski definition) is 4. The average Bonchev–Trinajstić information content (AvgIpc) is 2.65. The van der Waals surface area contributed by atoms with Crippen molar-refractivity contribution in [2.24, 2.45) is 0 Å². The van der Waals surface area contributed by atoms with Crippen molar-refractivity contribution in [1.82, 2.24) is 14.9 Å². The van der Waals surface area contributed by atoms with Gasteiger partial charge in [0.15, 0.2) is 0 Å². The predicted octanol–water partition coefficient (Wildman–Crippen LogP) is 2.17. The standard InChI is InChI=1S/C9H14BrN3OS/c1-5(2)7-8(15-13-12-7)9(14)11-6(3)4-10/h5-6H,4H2,1-3H3,(H,11,14). The highest BCUT2D eigenvalue weighted by Crippen LogP contribution is 2.19. The molecule has 1 aromatic rings. The second kappa shape index (κ2) is 5.55. The molecule has 1 rings (SSSR count). The number of nitrogens with zero attached hydrogens (tertiary/aromatic N) is 2. The van der Waals surface area contributed by atoms with E-state index < -0.39 is 0 Å². The van der Waals surface area contributed by atoms with E-state index in [-0.39, 0.29) is 17.9 Å². The summed E-state index contributed by atoms with van der Waals surface area (Å²) >= 11 is 4.46. The molecule has 1 atom stereocenters. The summed E-state index contributed by atoms with van der Waals surface area (Å²) in [5, 5.41) is 7.58. The van der Waals surface area contributed by atoms with Gasteiger partial charge in [0.1, 0.15) is 4.88 Å². The molecule has 0 spiro atoms. The van der Waals surface area contributed by atoms with E-state index >= 15 is 0 Å². The van der Waals surface area contributed by atoms with E-state index in [9.17, 15) is 4.79 Å². The van der Waals surface area contributed by atoms with Gasteiger partial charge in [-0.15, -0.1) is 5.10 Å². The Morgan fingerprint density at radius 3 is 2.73 bits per heavy atom. The molecule has 0 bridgehead atoms. The van der Waals surface area contributed by atoms with Crippen molar-refractivity contribution in [2.75, 3.05) is 5.33 Å². The van der Waals surface area contributed by atoms with Crippen LogP contribution < -0.4 is 5.32 Å². The average molecular weight is 292 g/mol. The molecule has 0 fully saturated rings. The maximum Gasteiger partial charge on any atom is 0.265 e. The van der Waals surface area contributed by atoms with Gasteiger partial charge in [-0.3, -0.25) is 4.79 Å². The molecule has 84 valence electrons. The van der Waals surface area contributed by atoms with Gasteiger partial charge in [-0.1, -0.05) is 34.3 Å². The second-order valence-electron chi connectivity index (χ2n) is 3.67. The maximum absolute atomic E-state index is 11.8. The molecule has 1 N–H and O–H groups in total. The topological polar surface area (TPSA) is 54.9 Å². The summed E-state index contributed by atoms with van der Waals surface area (Å²) in [7, 11) is 0. The van der Waals surface area contributed by atoms with Gasteiger partial charge in [0.05, 0.1) is 5.69 Å². The Labute approximate surface area is 102 Å². The molecular weight excluding hydrogens is 278 g/mol. The summed E-state index contributed by atoms with van der Waals surface area (Å²) in [6.07, 6.45) is 0. The number of rotatable bonds is 4. The fraction of sp³-hybridized carbons (Fsp3) is 0.667. The molecule has 6 heteroatoms. The van der Waals surface area contributed by atoms with Crippen LogP contribution in [0.1, 0.15) is 42.1 Å². The lowest BCUT2D eigenvalue weighted by Gasteiger charge is -2.10. The molecule has 0 aromatic carbocycles. The van der Waals surface area contributed by atoms with Gasteiger partial charge in [-0.25, -0.2) is 0 Å². The molecule has 0 aliphatic rings. The highest BCUT2D eigenvalue weighted by molar-refractivity contribution is 9.09. The number of alkyl halides is 1. The minimum absolute atomic E-state index is 0.0827. The van der Waals surface area contributed by atoms with Crippen molar-refractivity contribution in [3.8, 4) is 0 Å². The van der Waals surface area contributed by atoms with Crippen molar-refractivity contribution < 1.29 is 4.79 Å². The number of aromatic nitrogens is 2. The lowest BCUT2D eigenvalue weighted by Crippen LogP contribution is -2.33. The van der Waals surface area contributed by atoms with E-state index in [4.69, 9.17) is 0 Å². The molecule has 1 heterocycles. The number of nitrogens with one attached hydrogen (secondary N) is 1. The predicted molar refractivity (Wildman–Crippen MR) is 64.7 cm³/mol. The largest absolute Gasteiger partial charge is 0.348 e. The van der Waals surface area contributed by atoms with Crippen molar-refractivity contribution in [1.29, 1.82) is 0 Å². The van der Waals surface area contributed by atoms with Crippen LogP contribution >= 0.6 is 27.5 Å². The Balaban J connectivity index is 2.77. The zero-order valence-corrected chi connectivity index (χ0v) is 11.4. The first-order valence-corrected chi connectivity index (χ1v) is 6.64. The van der Waals surface area contributed by atoms with Gasteiger partial charge in [0, 0.05) is 11.4 Å². The maximum atomic E-state index is 11.8.